The van der Waals surface area contributed by atoms with Gasteiger partial charge in [-0.15, -0.1) is 0 Å². The number of rotatable bonds is 4. The van der Waals surface area contributed by atoms with Gasteiger partial charge in [0.05, 0.1) is 6.67 Å². The van der Waals surface area contributed by atoms with Gasteiger partial charge in [0.1, 0.15) is 0 Å². The fourth-order valence-corrected chi connectivity index (χ4v) is 1.63. The summed E-state index contributed by atoms with van der Waals surface area (Å²) in [6.45, 7) is 8.29. The Balaban J connectivity index is 2.65. The van der Waals surface area contributed by atoms with Crippen LogP contribution in [0.25, 0.3) is 0 Å². The van der Waals surface area contributed by atoms with E-state index in [4.69, 9.17) is 5.84 Å². The van der Waals surface area contributed by atoms with Gasteiger partial charge in [0.25, 0.3) is 0 Å². The molecule has 3 nitrogen and oxygen atoms in total. The summed E-state index contributed by atoms with van der Waals surface area (Å²) in [5.41, 5.74) is 5.56. The molecule has 90 valence electrons. The molecule has 0 aromatic heterocycles. The Kier molecular flexibility index (Phi) is 4.47. The molecule has 0 heterocycles. The number of nitrogens with zero attached hydrogens (tertiary/aromatic N) is 1. The molecule has 3 N–H and O–H groups in total. The van der Waals surface area contributed by atoms with Crippen molar-refractivity contribution in [2.45, 2.75) is 32.7 Å². The van der Waals surface area contributed by atoms with E-state index in [0.717, 1.165) is 6.54 Å². The monoisotopic (exact) mass is 221 g/mol. The average Bonchev–Trinajstić information content (AvgIpc) is 2.17. The average molecular weight is 221 g/mol. The summed E-state index contributed by atoms with van der Waals surface area (Å²) < 4.78 is 0. The predicted molar refractivity (Wildman–Crippen MR) is 68.8 cm³/mol. The molecule has 0 radical (unpaired) electrons. The number of nitrogens with one attached hydrogen (secondary N) is 1. The zero-order valence-electron chi connectivity index (χ0n) is 10.7. The zero-order valence-corrected chi connectivity index (χ0v) is 10.7. The minimum atomic E-state index is 0.225. The Labute approximate surface area is 98.6 Å². The summed E-state index contributed by atoms with van der Waals surface area (Å²) >= 11 is 0. The van der Waals surface area contributed by atoms with Gasteiger partial charge in [-0.3, -0.25) is 10.7 Å². The van der Waals surface area contributed by atoms with E-state index in [-0.39, 0.29) is 5.41 Å². The first-order valence-corrected chi connectivity index (χ1v) is 5.65. The molecular weight excluding hydrogens is 198 g/mol. The van der Waals surface area contributed by atoms with Crippen LogP contribution in [0.4, 0.5) is 0 Å². The quantitative estimate of drug-likeness (QED) is 0.463. The smallest absolute Gasteiger partial charge is 0.0612 e. The van der Waals surface area contributed by atoms with E-state index in [1.807, 2.05) is 7.05 Å². The van der Waals surface area contributed by atoms with Crippen LogP contribution in [-0.4, -0.2) is 18.6 Å². The first-order chi connectivity index (χ1) is 7.43. The molecule has 16 heavy (non-hydrogen) atoms. The van der Waals surface area contributed by atoms with Crippen LogP contribution in [0.3, 0.4) is 0 Å². The van der Waals surface area contributed by atoms with Crippen molar-refractivity contribution in [3.8, 4) is 0 Å². The van der Waals surface area contributed by atoms with E-state index in [0.29, 0.717) is 6.67 Å². The van der Waals surface area contributed by atoms with Crippen LogP contribution < -0.4 is 11.3 Å². The standard InChI is InChI=1S/C13H23N3/c1-13(2,3)12-7-5-11(6-8-12)9-16(4)10-15-14/h5-8,15H,9-10,14H2,1-4H3. The molecule has 0 aliphatic heterocycles. The van der Waals surface area contributed by atoms with Crippen molar-refractivity contribution in [2.24, 2.45) is 5.84 Å². The van der Waals surface area contributed by atoms with Crippen LogP contribution in [0.5, 0.6) is 0 Å². The van der Waals surface area contributed by atoms with Crippen molar-refractivity contribution in [1.29, 1.82) is 0 Å². The Bertz CT molecular complexity index is 311. The van der Waals surface area contributed by atoms with E-state index in [1.165, 1.54) is 11.1 Å². The Hall–Kier alpha value is -0.900. The van der Waals surface area contributed by atoms with E-state index in [1.54, 1.807) is 0 Å². The Morgan fingerprint density at radius 1 is 1.19 bits per heavy atom. The van der Waals surface area contributed by atoms with Crippen molar-refractivity contribution in [3.63, 3.8) is 0 Å². The molecule has 0 saturated carbocycles. The number of hydrogen-bond acceptors (Lipinski definition) is 3. The van der Waals surface area contributed by atoms with Crippen LogP contribution in [0.1, 0.15) is 31.9 Å². The predicted octanol–water partition coefficient (Wildman–Crippen LogP) is 1.84. The molecule has 1 aromatic carbocycles. The van der Waals surface area contributed by atoms with Crippen molar-refractivity contribution >= 4 is 0 Å². The van der Waals surface area contributed by atoms with Gasteiger partial charge in [0.2, 0.25) is 0 Å². The van der Waals surface area contributed by atoms with Gasteiger partial charge in [-0.05, 0) is 23.6 Å². The summed E-state index contributed by atoms with van der Waals surface area (Å²) in [6.07, 6.45) is 0. The Morgan fingerprint density at radius 3 is 2.19 bits per heavy atom. The third-order valence-corrected chi connectivity index (χ3v) is 2.63. The van der Waals surface area contributed by atoms with Crippen molar-refractivity contribution in [2.75, 3.05) is 13.7 Å². The SMILES string of the molecule is CN(CNN)Cc1ccc(C(C)(C)C)cc1. The molecule has 0 aliphatic carbocycles. The Morgan fingerprint density at radius 2 is 1.75 bits per heavy atom. The van der Waals surface area contributed by atoms with Crippen LogP contribution in [0.2, 0.25) is 0 Å². The first kappa shape index (κ1) is 13.2. The minimum Gasteiger partial charge on any atom is -0.288 e. The zero-order chi connectivity index (χ0) is 12.2. The highest BCUT2D eigenvalue weighted by molar-refractivity contribution is 5.27. The van der Waals surface area contributed by atoms with Gasteiger partial charge in [-0.2, -0.15) is 0 Å². The number of nitrogens with two attached hydrogens (primary N) is 1. The highest BCUT2D eigenvalue weighted by Crippen LogP contribution is 2.22. The summed E-state index contributed by atoms with van der Waals surface area (Å²) in [7, 11) is 2.04. The lowest BCUT2D eigenvalue weighted by Gasteiger charge is -2.20. The van der Waals surface area contributed by atoms with E-state index in [9.17, 15) is 0 Å². The molecule has 0 atom stereocenters. The third-order valence-electron chi connectivity index (χ3n) is 2.63. The molecular formula is C13H23N3. The molecule has 0 amide bonds. The molecule has 0 bridgehead atoms. The highest BCUT2D eigenvalue weighted by Gasteiger charge is 2.12. The summed E-state index contributed by atoms with van der Waals surface area (Å²) in [4.78, 5) is 2.13. The molecule has 3 heteroatoms. The molecule has 1 aromatic rings. The third kappa shape index (κ3) is 3.93. The molecule has 1 rings (SSSR count). The van der Waals surface area contributed by atoms with Crippen LogP contribution in [0, 0.1) is 0 Å². The molecule has 0 spiro atoms. The van der Waals surface area contributed by atoms with Crippen molar-refractivity contribution in [3.05, 3.63) is 35.4 Å². The fourth-order valence-electron chi connectivity index (χ4n) is 1.63. The van der Waals surface area contributed by atoms with Gasteiger partial charge in [-0.25, -0.2) is 5.43 Å². The normalized spacial score (nSPS) is 12.1. The number of hydrazine groups is 1. The van der Waals surface area contributed by atoms with Crippen LogP contribution >= 0.6 is 0 Å². The van der Waals surface area contributed by atoms with Gasteiger partial charge in [0, 0.05) is 6.54 Å². The van der Waals surface area contributed by atoms with Gasteiger partial charge < -0.3 is 0 Å². The first-order valence-electron chi connectivity index (χ1n) is 5.65. The second kappa shape index (κ2) is 5.43. The lowest BCUT2D eigenvalue weighted by Crippen LogP contribution is -2.35. The van der Waals surface area contributed by atoms with Crippen LogP contribution in [-0.2, 0) is 12.0 Å². The topological polar surface area (TPSA) is 41.3 Å². The molecule has 0 unspecified atom stereocenters. The maximum absolute atomic E-state index is 5.27. The molecule has 0 aliphatic rings. The minimum absolute atomic E-state index is 0.225. The summed E-state index contributed by atoms with van der Waals surface area (Å²) in [5.74, 6) is 5.27. The van der Waals surface area contributed by atoms with E-state index >= 15 is 0 Å². The molecule has 0 saturated heterocycles. The second-order valence-electron chi connectivity index (χ2n) is 5.32. The maximum atomic E-state index is 5.27. The maximum Gasteiger partial charge on any atom is 0.0612 e. The number of benzene rings is 1. The molecule has 0 fully saturated rings. The second-order valence-corrected chi connectivity index (χ2v) is 5.32. The lowest BCUT2D eigenvalue weighted by molar-refractivity contribution is 0.301. The number of hydrogen-bond donors (Lipinski definition) is 2. The van der Waals surface area contributed by atoms with E-state index in [2.05, 4.69) is 55.4 Å². The summed E-state index contributed by atoms with van der Waals surface area (Å²) in [6, 6.07) is 8.79. The van der Waals surface area contributed by atoms with Gasteiger partial charge >= 0.3 is 0 Å². The van der Waals surface area contributed by atoms with E-state index < -0.39 is 0 Å². The van der Waals surface area contributed by atoms with Crippen molar-refractivity contribution < 1.29 is 0 Å². The van der Waals surface area contributed by atoms with Gasteiger partial charge in [-0.1, -0.05) is 45.0 Å². The fraction of sp³-hybridized carbons (Fsp3) is 0.538. The van der Waals surface area contributed by atoms with Crippen LogP contribution in [0.15, 0.2) is 24.3 Å². The van der Waals surface area contributed by atoms with Crippen molar-refractivity contribution in [1.82, 2.24) is 10.3 Å². The largest absolute Gasteiger partial charge is 0.288 e. The highest BCUT2D eigenvalue weighted by atomic mass is 15.3. The summed E-state index contributed by atoms with van der Waals surface area (Å²) in [5, 5.41) is 0. The van der Waals surface area contributed by atoms with Gasteiger partial charge in [0.15, 0.2) is 0 Å². The lowest BCUT2D eigenvalue weighted by atomic mass is 9.87.